The van der Waals surface area contributed by atoms with E-state index in [1.807, 2.05) is 0 Å². The van der Waals surface area contributed by atoms with Crippen molar-refractivity contribution in [2.24, 2.45) is 0 Å². The van der Waals surface area contributed by atoms with Gasteiger partial charge in [-0.05, 0) is 26.8 Å². The van der Waals surface area contributed by atoms with Crippen LogP contribution in [0.5, 0.6) is 0 Å². The van der Waals surface area contributed by atoms with Gasteiger partial charge < -0.3 is 9.52 Å². The van der Waals surface area contributed by atoms with Crippen LogP contribution in [0.2, 0.25) is 0 Å². The molecule has 20 heavy (non-hydrogen) atoms. The SMILES string of the molecule is CC(C)(C)S(=O)(=O)Cc1c(C(=O)O)oc2ccccc12. The van der Waals surface area contributed by atoms with Crippen molar-refractivity contribution < 1.29 is 22.7 Å². The Morgan fingerprint density at radius 2 is 1.85 bits per heavy atom. The van der Waals surface area contributed by atoms with Crippen LogP contribution < -0.4 is 0 Å². The number of benzene rings is 1. The second-order valence-corrected chi connectivity index (χ2v) is 8.33. The molecule has 0 saturated heterocycles. The van der Waals surface area contributed by atoms with E-state index in [1.54, 1.807) is 45.0 Å². The van der Waals surface area contributed by atoms with Gasteiger partial charge in [0.1, 0.15) is 5.58 Å². The minimum atomic E-state index is -3.49. The monoisotopic (exact) mass is 296 g/mol. The normalized spacial score (nSPS) is 12.8. The Morgan fingerprint density at radius 1 is 1.25 bits per heavy atom. The van der Waals surface area contributed by atoms with Gasteiger partial charge in [0.2, 0.25) is 5.76 Å². The molecule has 0 saturated carbocycles. The Balaban J connectivity index is 2.65. The molecule has 0 aliphatic rings. The number of rotatable bonds is 3. The predicted molar refractivity (Wildman–Crippen MR) is 75.6 cm³/mol. The molecule has 0 aliphatic carbocycles. The zero-order valence-electron chi connectivity index (χ0n) is 11.5. The van der Waals surface area contributed by atoms with Crippen LogP contribution in [0.3, 0.4) is 0 Å². The minimum Gasteiger partial charge on any atom is -0.475 e. The summed E-state index contributed by atoms with van der Waals surface area (Å²) >= 11 is 0. The number of aromatic carboxylic acids is 1. The van der Waals surface area contributed by atoms with Crippen molar-refractivity contribution in [1.82, 2.24) is 0 Å². The van der Waals surface area contributed by atoms with Crippen LogP contribution in [0, 0.1) is 0 Å². The van der Waals surface area contributed by atoms with Gasteiger partial charge in [-0.2, -0.15) is 0 Å². The zero-order chi connectivity index (χ0) is 15.1. The first kappa shape index (κ1) is 14.6. The Morgan fingerprint density at radius 3 is 2.40 bits per heavy atom. The molecule has 2 rings (SSSR count). The summed E-state index contributed by atoms with van der Waals surface area (Å²) < 4.78 is 28.9. The molecule has 0 spiro atoms. The topological polar surface area (TPSA) is 84.6 Å². The number of carbonyl (C=O) groups is 1. The van der Waals surface area contributed by atoms with E-state index in [9.17, 15) is 18.3 Å². The lowest BCUT2D eigenvalue weighted by Crippen LogP contribution is -2.29. The molecule has 0 radical (unpaired) electrons. The van der Waals surface area contributed by atoms with E-state index < -0.39 is 20.6 Å². The van der Waals surface area contributed by atoms with Crippen molar-refractivity contribution in [2.75, 3.05) is 0 Å². The van der Waals surface area contributed by atoms with Gasteiger partial charge in [0.25, 0.3) is 0 Å². The first-order valence-electron chi connectivity index (χ1n) is 6.09. The molecule has 108 valence electrons. The largest absolute Gasteiger partial charge is 0.475 e. The number of hydrogen-bond donors (Lipinski definition) is 1. The second kappa shape index (κ2) is 4.63. The fourth-order valence-corrected chi connectivity index (χ4v) is 2.92. The summed E-state index contributed by atoms with van der Waals surface area (Å²) in [4.78, 5) is 11.2. The summed E-state index contributed by atoms with van der Waals surface area (Å²) in [5, 5.41) is 9.70. The lowest BCUT2D eigenvalue weighted by atomic mass is 10.1. The number of fused-ring (bicyclic) bond motifs is 1. The van der Waals surface area contributed by atoms with E-state index in [1.165, 1.54) is 0 Å². The maximum absolute atomic E-state index is 12.3. The number of furan rings is 1. The van der Waals surface area contributed by atoms with Gasteiger partial charge >= 0.3 is 5.97 Å². The average Bonchev–Trinajstić information content (AvgIpc) is 2.67. The van der Waals surface area contributed by atoms with E-state index in [0.29, 0.717) is 11.0 Å². The molecular formula is C14H16O5S. The fraction of sp³-hybridized carbons (Fsp3) is 0.357. The summed E-state index contributed by atoms with van der Waals surface area (Å²) in [7, 11) is -3.49. The zero-order valence-corrected chi connectivity index (χ0v) is 12.3. The van der Waals surface area contributed by atoms with Crippen molar-refractivity contribution in [1.29, 1.82) is 0 Å². The van der Waals surface area contributed by atoms with Gasteiger partial charge in [-0.15, -0.1) is 0 Å². The lowest BCUT2D eigenvalue weighted by Gasteiger charge is -2.18. The molecule has 5 nitrogen and oxygen atoms in total. The van der Waals surface area contributed by atoms with E-state index in [0.717, 1.165) is 0 Å². The Bertz CT molecular complexity index is 762. The molecule has 0 aliphatic heterocycles. The van der Waals surface area contributed by atoms with E-state index in [4.69, 9.17) is 4.42 Å². The molecule has 0 fully saturated rings. The molecule has 0 amide bonds. The standard InChI is InChI=1S/C14H16O5S/c1-14(2,3)20(17,18)8-10-9-6-4-5-7-11(9)19-12(10)13(15)16/h4-7H,8H2,1-3H3,(H,15,16). The minimum absolute atomic E-state index is 0.211. The highest BCUT2D eigenvalue weighted by Gasteiger charge is 2.32. The molecule has 2 aromatic rings. The molecule has 0 unspecified atom stereocenters. The molecule has 0 atom stereocenters. The molecular weight excluding hydrogens is 280 g/mol. The molecule has 1 aromatic carbocycles. The van der Waals surface area contributed by atoms with Gasteiger partial charge in [0.05, 0.1) is 10.5 Å². The quantitative estimate of drug-likeness (QED) is 0.941. The van der Waals surface area contributed by atoms with Crippen molar-refractivity contribution >= 4 is 26.8 Å². The first-order chi connectivity index (χ1) is 9.13. The highest BCUT2D eigenvalue weighted by atomic mass is 32.2. The summed E-state index contributed by atoms with van der Waals surface area (Å²) in [5.41, 5.74) is 0.590. The van der Waals surface area contributed by atoms with Crippen LogP contribution in [-0.2, 0) is 15.6 Å². The summed E-state index contributed by atoms with van der Waals surface area (Å²) in [5.74, 6) is -1.92. The molecule has 0 bridgehead atoms. The van der Waals surface area contributed by atoms with Gasteiger partial charge in [-0.1, -0.05) is 18.2 Å². The maximum Gasteiger partial charge on any atom is 0.372 e. The van der Waals surface area contributed by atoms with Crippen LogP contribution >= 0.6 is 0 Å². The fourth-order valence-electron chi connectivity index (χ4n) is 1.82. The lowest BCUT2D eigenvalue weighted by molar-refractivity contribution is 0.0664. The highest BCUT2D eigenvalue weighted by Crippen LogP contribution is 2.30. The highest BCUT2D eigenvalue weighted by molar-refractivity contribution is 7.92. The second-order valence-electron chi connectivity index (χ2n) is 5.58. The van der Waals surface area contributed by atoms with Crippen molar-refractivity contribution in [3.8, 4) is 0 Å². The van der Waals surface area contributed by atoms with Crippen LogP contribution in [0.15, 0.2) is 28.7 Å². The number of carboxylic acid groups (broad SMARTS) is 1. The molecule has 6 heteroatoms. The van der Waals surface area contributed by atoms with Gasteiger partial charge in [-0.25, -0.2) is 13.2 Å². The smallest absolute Gasteiger partial charge is 0.372 e. The summed E-state index contributed by atoms with van der Waals surface area (Å²) in [6.45, 7) is 4.77. The van der Waals surface area contributed by atoms with E-state index in [2.05, 4.69) is 0 Å². The van der Waals surface area contributed by atoms with Gasteiger partial charge in [0.15, 0.2) is 9.84 Å². The summed E-state index contributed by atoms with van der Waals surface area (Å²) in [6, 6.07) is 6.71. The third-order valence-corrected chi connectivity index (χ3v) is 5.69. The molecule has 1 aromatic heterocycles. The Hall–Kier alpha value is -1.82. The van der Waals surface area contributed by atoms with Crippen LogP contribution in [0.1, 0.15) is 36.9 Å². The molecule has 1 heterocycles. The number of carboxylic acids is 1. The van der Waals surface area contributed by atoms with Crippen molar-refractivity contribution in [2.45, 2.75) is 31.3 Å². The van der Waals surface area contributed by atoms with Crippen molar-refractivity contribution in [3.05, 3.63) is 35.6 Å². The van der Waals surface area contributed by atoms with E-state index >= 15 is 0 Å². The number of hydrogen-bond acceptors (Lipinski definition) is 4. The van der Waals surface area contributed by atoms with Crippen LogP contribution in [-0.4, -0.2) is 24.2 Å². The third-order valence-electron chi connectivity index (χ3n) is 3.16. The maximum atomic E-state index is 12.3. The number of sulfone groups is 1. The van der Waals surface area contributed by atoms with Gasteiger partial charge in [-0.3, -0.25) is 0 Å². The summed E-state index contributed by atoms with van der Waals surface area (Å²) in [6.07, 6.45) is 0. The number of para-hydroxylation sites is 1. The first-order valence-corrected chi connectivity index (χ1v) is 7.75. The van der Waals surface area contributed by atoms with E-state index in [-0.39, 0.29) is 17.1 Å². The average molecular weight is 296 g/mol. The Labute approximate surface area is 117 Å². The third kappa shape index (κ3) is 2.43. The molecule has 1 N–H and O–H groups in total. The van der Waals surface area contributed by atoms with Crippen LogP contribution in [0.4, 0.5) is 0 Å². The predicted octanol–water partition coefficient (Wildman–Crippen LogP) is 2.84. The van der Waals surface area contributed by atoms with Gasteiger partial charge in [0, 0.05) is 10.9 Å². The van der Waals surface area contributed by atoms with Crippen molar-refractivity contribution in [3.63, 3.8) is 0 Å². The Kier molecular flexibility index (Phi) is 3.37. The van der Waals surface area contributed by atoms with Crippen LogP contribution in [0.25, 0.3) is 11.0 Å².